The number of carbonyl (C=O) groups is 1. The van der Waals surface area contributed by atoms with Gasteiger partial charge in [-0.3, -0.25) is 4.79 Å². The maximum Gasteiger partial charge on any atom is 0.267 e. The molecule has 0 aromatic carbocycles. The maximum atomic E-state index is 12.3. The molecular formula is C15H26N4O. The van der Waals surface area contributed by atoms with Crippen LogP contribution in [0.2, 0.25) is 0 Å². The van der Waals surface area contributed by atoms with Gasteiger partial charge in [-0.25, -0.2) is 0 Å². The first-order valence-electron chi connectivity index (χ1n) is 7.41. The molecule has 1 saturated heterocycles. The highest BCUT2D eigenvalue weighted by Gasteiger charge is 2.20. The second-order valence-electron chi connectivity index (χ2n) is 5.80. The van der Waals surface area contributed by atoms with Gasteiger partial charge in [-0.1, -0.05) is 0 Å². The van der Waals surface area contributed by atoms with Crippen LogP contribution in [-0.2, 0) is 0 Å². The van der Waals surface area contributed by atoms with Gasteiger partial charge in [0.1, 0.15) is 5.69 Å². The van der Waals surface area contributed by atoms with E-state index in [4.69, 9.17) is 0 Å². The largest absolute Gasteiger partial charge is 0.349 e. The minimum absolute atomic E-state index is 0.0298. The fourth-order valence-corrected chi connectivity index (χ4v) is 2.50. The van der Waals surface area contributed by atoms with Crippen LogP contribution in [0.1, 0.15) is 36.3 Å². The van der Waals surface area contributed by atoms with Crippen molar-refractivity contribution < 1.29 is 4.79 Å². The summed E-state index contributed by atoms with van der Waals surface area (Å²) >= 11 is 0. The summed E-state index contributed by atoms with van der Waals surface area (Å²) in [7, 11) is 4.04. The fraction of sp³-hybridized carbons (Fsp3) is 0.667. The summed E-state index contributed by atoms with van der Waals surface area (Å²) in [5.74, 6) is 0.0298. The normalized spacial score (nSPS) is 18.2. The lowest BCUT2D eigenvalue weighted by Crippen LogP contribution is -2.39. The van der Waals surface area contributed by atoms with Crippen molar-refractivity contribution in [2.45, 2.75) is 31.8 Å². The molecule has 1 fully saturated rings. The number of likely N-dealkylation sites (N-methyl/N-ethyl adjacent to an activating group) is 1. The summed E-state index contributed by atoms with van der Waals surface area (Å²) < 4.78 is 2.14. The van der Waals surface area contributed by atoms with Crippen LogP contribution in [0.4, 0.5) is 0 Å². The summed E-state index contributed by atoms with van der Waals surface area (Å²) in [6.45, 7) is 4.83. The number of piperidine rings is 1. The number of carbonyl (C=O) groups excluding carboxylic acids is 1. The molecule has 112 valence electrons. The first kappa shape index (κ1) is 15.1. The number of nitrogens with one attached hydrogen (secondary N) is 2. The van der Waals surface area contributed by atoms with Crippen molar-refractivity contribution >= 4 is 5.91 Å². The number of rotatable bonds is 5. The summed E-state index contributed by atoms with van der Waals surface area (Å²) in [4.78, 5) is 14.4. The van der Waals surface area contributed by atoms with E-state index in [1.807, 2.05) is 32.4 Å². The summed E-state index contributed by atoms with van der Waals surface area (Å²) in [5.41, 5.74) is 0.780. The number of hydrogen-bond acceptors (Lipinski definition) is 3. The van der Waals surface area contributed by atoms with Crippen molar-refractivity contribution in [3.63, 3.8) is 0 Å². The van der Waals surface area contributed by atoms with Crippen molar-refractivity contribution in [1.82, 2.24) is 20.1 Å². The molecule has 1 amide bonds. The molecule has 2 rings (SSSR count). The number of nitrogens with zero attached hydrogens (tertiary/aromatic N) is 2. The zero-order chi connectivity index (χ0) is 14.5. The van der Waals surface area contributed by atoms with Gasteiger partial charge in [0.2, 0.25) is 0 Å². The molecule has 2 N–H and O–H groups in total. The van der Waals surface area contributed by atoms with E-state index in [0.717, 1.165) is 31.6 Å². The van der Waals surface area contributed by atoms with Gasteiger partial charge < -0.3 is 20.1 Å². The average Bonchev–Trinajstić information content (AvgIpc) is 2.94. The standard InChI is InChI=1S/C15H26N4O/c1-12(18(2)3)11-17-15(20)14-5-4-10-19(14)13-6-8-16-9-7-13/h4-5,10,12-13,16H,6-9,11H2,1-3H3,(H,17,20). The SMILES string of the molecule is CC(CNC(=O)c1cccn1C1CCNCC1)N(C)C. The van der Waals surface area contributed by atoms with E-state index in [1.54, 1.807) is 0 Å². The Labute approximate surface area is 121 Å². The van der Waals surface area contributed by atoms with Crippen LogP contribution in [0.5, 0.6) is 0 Å². The number of hydrogen-bond donors (Lipinski definition) is 2. The van der Waals surface area contributed by atoms with Crippen molar-refractivity contribution in [3.8, 4) is 0 Å². The molecule has 1 aromatic rings. The number of aromatic nitrogens is 1. The fourth-order valence-electron chi connectivity index (χ4n) is 2.50. The highest BCUT2D eigenvalue weighted by molar-refractivity contribution is 5.92. The Balaban J connectivity index is 1.98. The lowest BCUT2D eigenvalue weighted by Gasteiger charge is -2.26. The third-order valence-corrected chi connectivity index (χ3v) is 4.15. The molecule has 0 saturated carbocycles. The molecule has 1 aliphatic rings. The van der Waals surface area contributed by atoms with Gasteiger partial charge >= 0.3 is 0 Å². The molecule has 0 bridgehead atoms. The summed E-state index contributed by atoms with van der Waals surface area (Å²) in [6, 6.07) is 4.66. The zero-order valence-corrected chi connectivity index (χ0v) is 12.7. The highest BCUT2D eigenvalue weighted by Crippen LogP contribution is 2.21. The molecule has 0 radical (unpaired) electrons. The average molecular weight is 278 g/mol. The Morgan fingerprint density at radius 3 is 2.85 bits per heavy atom. The third-order valence-electron chi connectivity index (χ3n) is 4.15. The van der Waals surface area contributed by atoms with Crippen molar-refractivity contribution in [2.24, 2.45) is 0 Å². The Kier molecular flexibility index (Phi) is 5.20. The molecule has 1 aromatic heterocycles. The van der Waals surface area contributed by atoms with E-state index >= 15 is 0 Å². The third kappa shape index (κ3) is 3.61. The lowest BCUT2D eigenvalue weighted by molar-refractivity contribution is 0.0931. The maximum absolute atomic E-state index is 12.3. The minimum atomic E-state index is 0.0298. The monoisotopic (exact) mass is 278 g/mol. The Morgan fingerprint density at radius 1 is 1.50 bits per heavy atom. The van der Waals surface area contributed by atoms with Crippen LogP contribution >= 0.6 is 0 Å². The first-order valence-corrected chi connectivity index (χ1v) is 7.41. The van der Waals surface area contributed by atoms with E-state index in [0.29, 0.717) is 18.6 Å². The van der Waals surface area contributed by atoms with Gasteiger partial charge in [0.05, 0.1) is 0 Å². The molecule has 5 nitrogen and oxygen atoms in total. The summed E-state index contributed by atoms with van der Waals surface area (Å²) in [5, 5.41) is 6.39. The van der Waals surface area contributed by atoms with Gasteiger partial charge in [0.15, 0.2) is 0 Å². The quantitative estimate of drug-likeness (QED) is 0.848. The minimum Gasteiger partial charge on any atom is -0.349 e. The second-order valence-corrected chi connectivity index (χ2v) is 5.80. The predicted molar refractivity (Wildman–Crippen MR) is 81.1 cm³/mol. The van der Waals surface area contributed by atoms with Gasteiger partial charge in [-0.05, 0) is 59.1 Å². The van der Waals surface area contributed by atoms with Gasteiger partial charge in [-0.15, -0.1) is 0 Å². The van der Waals surface area contributed by atoms with Crippen LogP contribution in [0.3, 0.4) is 0 Å². The molecular weight excluding hydrogens is 252 g/mol. The Morgan fingerprint density at radius 2 is 2.20 bits per heavy atom. The Bertz CT molecular complexity index is 435. The van der Waals surface area contributed by atoms with E-state index in [-0.39, 0.29) is 5.91 Å². The lowest BCUT2D eigenvalue weighted by atomic mass is 10.1. The molecule has 20 heavy (non-hydrogen) atoms. The zero-order valence-electron chi connectivity index (χ0n) is 12.7. The topological polar surface area (TPSA) is 49.3 Å². The molecule has 0 aliphatic carbocycles. The van der Waals surface area contributed by atoms with Gasteiger partial charge in [-0.2, -0.15) is 0 Å². The van der Waals surface area contributed by atoms with E-state index in [1.165, 1.54) is 0 Å². The predicted octanol–water partition coefficient (Wildman–Crippen LogP) is 1.09. The van der Waals surface area contributed by atoms with Crippen LogP contribution < -0.4 is 10.6 Å². The first-order chi connectivity index (χ1) is 9.59. The van der Waals surface area contributed by atoms with Crippen molar-refractivity contribution in [1.29, 1.82) is 0 Å². The molecule has 5 heteroatoms. The van der Waals surface area contributed by atoms with Crippen molar-refractivity contribution in [3.05, 3.63) is 24.0 Å². The molecule has 2 heterocycles. The van der Waals surface area contributed by atoms with E-state index in [2.05, 4.69) is 27.0 Å². The van der Waals surface area contributed by atoms with Gasteiger partial charge in [0.25, 0.3) is 5.91 Å². The molecule has 1 aliphatic heterocycles. The highest BCUT2D eigenvalue weighted by atomic mass is 16.1. The van der Waals surface area contributed by atoms with Crippen LogP contribution in [-0.4, -0.2) is 55.1 Å². The molecule has 1 atom stereocenters. The van der Waals surface area contributed by atoms with Crippen LogP contribution in [0.15, 0.2) is 18.3 Å². The molecule has 0 spiro atoms. The van der Waals surface area contributed by atoms with Gasteiger partial charge in [0, 0.05) is 24.8 Å². The van der Waals surface area contributed by atoms with Crippen LogP contribution in [0, 0.1) is 0 Å². The van der Waals surface area contributed by atoms with E-state index in [9.17, 15) is 4.79 Å². The smallest absolute Gasteiger partial charge is 0.267 e. The van der Waals surface area contributed by atoms with E-state index < -0.39 is 0 Å². The van der Waals surface area contributed by atoms with Crippen LogP contribution in [0.25, 0.3) is 0 Å². The Hall–Kier alpha value is -1.33. The van der Waals surface area contributed by atoms with Crippen molar-refractivity contribution in [2.75, 3.05) is 33.7 Å². The summed E-state index contributed by atoms with van der Waals surface area (Å²) in [6.07, 6.45) is 4.20. The second kappa shape index (κ2) is 6.90. The number of amides is 1. The molecule has 1 unspecified atom stereocenters.